The first-order valence-corrected chi connectivity index (χ1v) is 12.6. The van der Waals surface area contributed by atoms with Gasteiger partial charge in [0.25, 0.3) is 0 Å². The second-order valence-corrected chi connectivity index (χ2v) is 8.85. The van der Waals surface area contributed by atoms with Crippen LogP contribution in [0.2, 0.25) is 0 Å². The van der Waals surface area contributed by atoms with Gasteiger partial charge in [0.15, 0.2) is 0 Å². The monoisotopic (exact) mass is 805 g/mol. The molecule has 0 bridgehead atoms. The zero-order valence-electron chi connectivity index (χ0n) is 22.9. The van der Waals surface area contributed by atoms with E-state index in [0.717, 1.165) is 30.3 Å². The number of aromatic nitrogens is 7. The molecule has 7 nitrogen and oxygen atoms in total. The molecule has 6 aromatic rings. The maximum Gasteiger partial charge on any atom is 3.00 e. The largest absolute Gasteiger partial charge is 3.00 e. The molecule has 0 saturated heterocycles. The first-order chi connectivity index (χ1) is 21.0. The summed E-state index contributed by atoms with van der Waals surface area (Å²) in [6, 6.07) is 15.9. The molecule has 4 aromatic heterocycles. The molecular weight excluding hydrogens is 784 g/mol. The minimum absolute atomic E-state index is 0. The van der Waals surface area contributed by atoms with E-state index in [0.29, 0.717) is 5.69 Å². The number of hydrogen-bond donors (Lipinski definition) is 0. The van der Waals surface area contributed by atoms with Crippen molar-refractivity contribution in [2.45, 2.75) is 19.3 Å². The fourth-order valence-corrected chi connectivity index (χ4v) is 3.60. The summed E-state index contributed by atoms with van der Waals surface area (Å²) in [6.45, 7) is 3.89. The molecule has 2 aromatic carbocycles. The first-order valence-electron chi connectivity index (χ1n) is 12.6. The van der Waals surface area contributed by atoms with Crippen molar-refractivity contribution in [2.75, 3.05) is 0 Å². The summed E-state index contributed by atoms with van der Waals surface area (Å²) in [5.41, 5.74) is 0.00415. The van der Waals surface area contributed by atoms with Crippen molar-refractivity contribution in [1.82, 2.24) is 34.7 Å². The van der Waals surface area contributed by atoms with Crippen LogP contribution in [-0.2, 0) is 39.4 Å². The number of pyridine rings is 1. The first kappa shape index (κ1) is 34.7. The maximum absolute atomic E-state index is 13.4. The topological polar surface area (TPSA) is 75.5 Å². The van der Waals surface area contributed by atoms with Crippen molar-refractivity contribution in [3.63, 3.8) is 0 Å². The van der Waals surface area contributed by atoms with E-state index in [1.807, 2.05) is 0 Å². The zero-order chi connectivity index (χ0) is 31.7. The van der Waals surface area contributed by atoms with E-state index in [9.17, 15) is 30.7 Å². The molecule has 0 N–H and O–H groups in total. The second-order valence-electron chi connectivity index (χ2n) is 8.85. The van der Waals surface area contributed by atoms with E-state index in [4.69, 9.17) is 0 Å². The number of hydrogen-bond acceptors (Lipinski definition) is 4. The molecule has 0 amide bonds. The van der Waals surface area contributed by atoms with Crippen LogP contribution in [0.25, 0.3) is 11.4 Å². The summed E-state index contributed by atoms with van der Waals surface area (Å²) in [4.78, 5) is 3.87. The summed E-state index contributed by atoms with van der Waals surface area (Å²) in [5.74, 6) is -1.99. The molecule has 0 aliphatic rings. The van der Waals surface area contributed by atoms with Gasteiger partial charge in [-0.3, -0.25) is 23.1 Å². The van der Waals surface area contributed by atoms with Gasteiger partial charge < -0.3 is 10.2 Å². The summed E-state index contributed by atoms with van der Waals surface area (Å²) in [7, 11) is 0. The molecule has 45 heavy (non-hydrogen) atoms. The molecule has 0 fully saturated rings. The Morgan fingerprint density at radius 1 is 0.778 bits per heavy atom. The van der Waals surface area contributed by atoms with Crippen LogP contribution in [0.1, 0.15) is 22.4 Å². The molecular formula is C30H21F7IrN7. The van der Waals surface area contributed by atoms with E-state index in [-0.39, 0.29) is 55.6 Å². The van der Waals surface area contributed by atoms with Gasteiger partial charge in [-0.05, 0) is 36.4 Å². The normalized spacial score (nSPS) is 10.6. The standard InChI is InChI=1S/C11H9F2N2.C10H7F2N2.C9H5F3N3.Ir/c1-8-9(7-15-6-2-5-14-15)11(13)4-3-10(8)12;11-9-2-3-10(12)8(6-9)7-14-5-1-4-13-14;10-9(11,12)8-5-7(14-15-8)6-3-1-2-4-13-6;/h2-6H,1,7H2;1-5H,7H2;1-5H;/q3*-1;+3. The van der Waals surface area contributed by atoms with Crippen LogP contribution >= 0.6 is 0 Å². The average Bonchev–Trinajstić information content (AvgIpc) is 3.80. The van der Waals surface area contributed by atoms with Crippen LogP contribution in [0.4, 0.5) is 30.7 Å². The van der Waals surface area contributed by atoms with Crippen molar-refractivity contribution in [3.05, 3.63) is 150 Å². The van der Waals surface area contributed by atoms with Gasteiger partial charge in [0.05, 0.1) is 5.82 Å². The fourth-order valence-electron chi connectivity index (χ4n) is 3.60. The Morgan fingerprint density at radius 3 is 2.00 bits per heavy atom. The Hall–Kier alpha value is -4.75. The summed E-state index contributed by atoms with van der Waals surface area (Å²) >= 11 is 0. The van der Waals surface area contributed by atoms with Gasteiger partial charge in [-0.15, -0.1) is 23.8 Å². The van der Waals surface area contributed by atoms with Crippen LogP contribution in [0.15, 0.2) is 91.6 Å². The molecule has 0 spiro atoms. The van der Waals surface area contributed by atoms with Crippen molar-refractivity contribution >= 4 is 0 Å². The molecule has 0 aliphatic carbocycles. The molecule has 4 heterocycles. The van der Waals surface area contributed by atoms with E-state index in [1.165, 1.54) is 15.6 Å². The quantitative estimate of drug-likeness (QED) is 0.147. The molecule has 234 valence electrons. The Morgan fingerprint density at radius 2 is 1.42 bits per heavy atom. The summed E-state index contributed by atoms with van der Waals surface area (Å²) < 4.78 is 92.0. The minimum atomic E-state index is -4.46. The summed E-state index contributed by atoms with van der Waals surface area (Å²) in [5, 5.41) is 14.3. The summed E-state index contributed by atoms with van der Waals surface area (Å²) in [6.07, 6.45) is 3.55. The van der Waals surface area contributed by atoms with Gasteiger partial charge in [-0.1, -0.05) is 23.4 Å². The number of benzene rings is 2. The van der Waals surface area contributed by atoms with Crippen molar-refractivity contribution in [2.24, 2.45) is 0 Å². The zero-order valence-corrected chi connectivity index (χ0v) is 25.3. The van der Waals surface area contributed by atoms with Crippen LogP contribution in [-0.4, -0.2) is 29.6 Å². The molecule has 6 rings (SSSR count). The smallest absolute Gasteiger partial charge is 0.573 e. The van der Waals surface area contributed by atoms with Crippen LogP contribution < -0.4 is 5.10 Å². The molecule has 0 unspecified atom stereocenters. The number of alkyl halides is 3. The average molecular weight is 805 g/mol. The number of halogens is 7. The van der Waals surface area contributed by atoms with Crippen LogP contribution in [0.5, 0.6) is 0 Å². The van der Waals surface area contributed by atoms with Crippen molar-refractivity contribution in [3.8, 4) is 11.4 Å². The number of rotatable bonds is 5. The Bertz CT molecular complexity index is 1760. The predicted molar refractivity (Wildman–Crippen MR) is 144 cm³/mol. The third-order valence-corrected chi connectivity index (χ3v) is 5.77. The predicted octanol–water partition coefficient (Wildman–Crippen LogP) is 6.52. The van der Waals surface area contributed by atoms with Crippen LogP contribution in [0, 0.1) is 36.3 Å². The van der Waals surface area contributed by atoms with Crippen LogP contribution in [0.3, 0.4) is 0 Å². The SMILES string of the molecule is FC(F)(F)c1cc(-c2ccccn2)[n-]n1.Fc1[c-]c(Cn2cccn2)c(F)cc1.[CH2-]c1c(F)ccc(F)c1Cn1cccn1.[Ir+3]. The van der Waals surface area contributed by atoms with Gasteiger partial charge in [0.1, 0.15) is 5.69 Å². The maximum atomic E-state index is 13.4. The van der Waals surface area contributed by atoms with E-state index in [2.05, 4.69) is 38.4 Å². The van der Waals surface area contributed by atoms with E-state index >= 15 is 0 Å². The number of nitrogens with zero attached hydrogens (tertiary/aromatic N) is 7. The third kappa shape index (κ3) is 9.88. The van der Waals surface area contributed by atoms with Gasteiger partial charge in [-0.2, -0.15) is 35.9 Å². The van der Waals surface area contributed by atoms with Gasteiger partial charge in [0, 0.05) is 67.2 Å². The fraction of sp³-hybridized carbons (Fsp3) is 0.100. The molecule has 0 atom stereocenters. The van der Waals surface area contributed by atoms with Crippen molar-refractivity contribution < 1.29 is 50.8 Å². The van der Waals surface area contributed by atoms with E-state index in [1.54, 1.807) is 55.1 Å². The molecule has 0 radical (unpaired) electrons. The third-order valence-electron chi connectivity index (χ3n) is 5.77. The Balaban J connectivity index is 0.000000182. The Labute approximate surface area is 266 Å². The Kier molecular flexibility index (Phi) is 12.2. The van der Waals surface area contributed by atoms with Gasteiger partial charge >= 0.3 is 26.3 Å². The van der Waals surface area contributed by atoms with E-state index < -0.39 is 35.1 Å². The van der Waals surface area contributed by atoms with Gasteiger partial charge in [0.2, 0.25) is 0 Å². The minimum Gasteiger partial charge on any atom is -0.573 e. The molecule has 0 aliphatic heterocycles. The molecule has 0 saturated carbocycles. The molecule has 15 heteroatoms. The van der Waals surface area contributed by atoms with Gasteiger partial charge in [-0.25, -0.2) is 8.78 Å². The second kappa shape index (κ2) is 15.8. The van der Waals surface area contributed by atoms with Crippen molar-refractivity contribution in [1.29, 1.82) is 0 Å².